The first-order chi connectivity index (χ1) is 9.03. The summed E-state index contributed by atoms with van der Waals surface area (Å²) in [7, 11) is 0. The maximum absolute atomic E-state index is 11.6. The van der Waals surface area contributed by atoms with Gasteiger partial charge in [-0.2, -0.15) is 0 Å². The third-order valence-electron chi connectivity index (χ3n) is 5.87. The summed E-state index contributed by atoms with van der Waals surface area (Å²) in [6.07, 6.45) is 10.0. The molecule has 2 atom stereocenters. The summed E-state index contributed by atoms with van der Waals surface area (Å²) in [6.45, 7) is 7.27. The third kappa shape index (κ3) is 2.11. The van der Waals surface area contributed by atoms with Crippen LogP contribution in [-0.4, -0.2) is 5.78 Å². The highest BCUT2D eigenvalue weighted by Gasteiger charge is 2.43. The maximum atomic E-state index is 11.6. The van der Waals surface area contributed by atoms with Crippen molar-refractivity contribution in [2.45, 2.75) is 65.7 Å². The number of hydrogen-bond acceptors (Lipinski definition) is 1. The highest BCUT2D eigenvalue weighted by Crippen LogP contribution is 2.54. The molecule has 0 unspecified atom stereocenters. The molecule has 1 heteroatoms. The lowest BCUT2D eigenvalue weighted by Crippen LogP contribution is -2.38. The van der Waals surface area contributed by atoms with Crippen LogP contribution < -0.4 is 0 Å². The van der Waals surface area contributed by atoms with Gasteiger partial charge in [-0.05, 0) is 66.6 Å². The van der Waals surface area contributed by atoms with E-state index in [4.69, 9.17) is 0 Å². The summed E-state index contributed by atoms with van der Waals surface area (Å²) in [4.78, 5) is 11.6. The van der Waals surface area contributed by atoms with Gasteiger partial charge in [0, 0.05) is 6.42 Å². The zero-order valence-corrected chi connectivity index (χ0v) is 12.6. The predicted molar refractivity (Wildman–Crippen MR) is 78.9 cm³/mol. The molecule has 0 aromatic carbocycles. The van der Waals surface area contributed by atoms with Crippen molar-refractivity contribution < 1.29 is 4.79 Å². The molecule has 3 rings (SSSR count). The van der Waals surface area contributed by atoms with Crippen molar-refractivity contribution in [3.8, 4) is 0 Å². The lowest BCUT2D eigenvalue weighted by Gasteiger charge is -2.48. The first-order valence-electron chi connectivity index (χ1n) is 7.98. The third-order valence-corrected chi connectivity index (χ3v) is 5.87. The minimum atomic E-state index is 0.348. The minimum Gasteiger partial charge on any atom is -0.295 e. The quantitative estimate of drug-likeness (QED) is 0.658. The number of allylic oxidation sites excluding steroid dienone is 4. The number of carbonyl (C=O) groups is 1. The Kier molecular flexibility index (Phi) is 3.19. The Balaban J connectivity index is 2.00. The molecule has 0 bridgehead atoms. The van der Waals surface area contributed by atoms with Crippen LogP contribution in [0.25, 0.3) is 0 Å². The molecule has 0 N–H and O–H groups in total. The van der Waals surface area contributed by atoms with E-state index in [1.165, 1.54) is 31.3 Å². The number of hydrogen-bond donors (Lipinski definition) is 0. The molecule has 19 heavy (non-hydrogen) atoms. The summed E-state index contributed by atoms with van der Waals surface area (Å²) in [5.41, 5.74) is 5.20. The SMILES string of the molecule is CC[C@H]1[C@@H]2CCC3=CC(=O)CCC3=C2CCC1(C)C. The fourth-order valence-corrected chi connectivity index (χ4v) is 4.87. The molecule has 3 aliphatic rings. The molecule has 0 saturated heterocycles. The molecular weight excluding hydrogens is 232 g/mol. The van der Waals surface area contributed by atoms with Gasteiger partial charge in [0.15, 0.2) is 5.78 Å². The van der Waals surface area contributed by atoms with Crippen LogP contribution in [-0.2, 0) is 4.79 Å². The van der Waals surface area contributed by atoms with E-state index >= 15 is 0 Å². The number of fused-ring (bicyclic) bond motifs is 2. The average molecular weight is 258 g/mol. The van der Waals surface area contributed by atoms with Crippen LogP contribution in [0.4, 0.5) is 0 Å². The van der Waals surface area contributed by atoms with Crippen molar-refractivity contribution in [1.82, 2.24) is 0 Å². The molecule has 104 valence electrons. The zero-order chi connectivity index (χ0) is 13.6. The molecule has 0 spiro atoms. The van der Waals surface area contributed by atoms with Gasteiger partial charge in [-0.3, -0.25) is 4.79 Å². The Labute approximate surface area is 117 Å². The van der Waals surface area contributed by atoms with Crippen LogP contribution in [0.5, 0.6) is 0 Å². The molecule has 0 heterocycles. The van der Waals surface area contributed by atoms with Crippen LogP contribution in [0.2, 0.25) is 0 Å². The Morgan fingerprint density at radius 2 is 2.00 bits per heavy atom. The average Bonchev–Trinajstić information content (AvgIpc) is 2.37. The molecule has 3 aliphatic carbocycles. The van der Waals surface area contributed by atoms with Crippen LogP contribution in [0, 0.1) is 17.3 Å². The van der Waals surface area contributed by atoms with Gasteiger partial charge in [-0.15, -0.1) is 0 Å². The highest BCUT2D eigenvalue weighted by molar-refractivity contribution is 5.93. The Morgan fingerprint density at radius 3 is 2.74 bits per heavy atom. The Morgan fingerprint density at radius 1 is 1.21 bits per heavy atom. The van der Waals surface area contributed by atoms with Gasteiger partial charge in [0.25, 0.3) is 0 Å². The molecular formula is C18H26O. The Hall–Kier alpha value is -0.850. The van der Waals surface area contributed by atoms with Gasteiger partial charge >= 0.3 is 0 Å². The normalized spacial score (nSPS) is 33.6. The van der Waals surface area contributed by atoms with Gasteiger partial charge in [0.2, 0.25) is 0 Å². The van der Waals surface area contributed by atoms with Gasteiger partial charge in [0.05, 0.1) is 0 Å². The largest absolute Gasteiger partial charge is 0.295 e. The molecule has 0 aromatic rings. The zero-order valence-electron chi connectivity index (χ0n) is 12.6. The number of ketones is 1. The maximum Gasteiger partial charge on any atom is 0.156 e. The van der Waals surface area contributed by atoms with Crippen LogP contribution in [0.15, 0.2) is 22.8 Å². The second-order valence-corrected chi connectivity index (χ2v) is 7.29. The van der Waals surface area contributed by atoms with E-state index in [9.17, 15) is 4.79 Å². The summed E-state index contributed by atoms with van der Waals surface area (Å²) >= 11 is 0. The highest BCUT2D eigenvalue weighted by atomic mass is 16.1. The molecule has 0 radical (unpaired) electrons. The van der Waals surface area contributed by atoms with Gasteiger partial charge in [0.1, 0.15) is 0 Å². The minimum absolute atomic E-state index is 0.348. The van der Waals surface area contributed by atoms with E-state index in [-0.39, 0.29) is 0 Å². The molecule has 1 fully saturated rings. The standard InChI is InChI=1S/C18H26O/c1-4-17-16-7-5-12-11-13(19)6-8-14(12)15(16)9-10-18(17,2)3/h11,16-17H,4-10H2,1-3H3/t16-,17+/m1/s1. The van der Waals surface area contributed by atoms with E-state index in [1.54, 1.807) is 11.1 Å². The summed E-state index contributed by atoms with van der Waals surface area (Å²) in [6, 6.07) is 0. The lowest BCUT2D eigenvalue weighted by atomic mass is 9.56. The first kappa shape index (κ1) is 13.1. The predicted octanol–water partition coefficient (Wildman–Crippen LogP) is 4.83. The van der Waals surface area contributed by atoms with Gasteiger partial charge in [-0.1, -0.05) is 32.8 Å². The summed E-state index contributed by atoms with van der Waals surface area (Å²) in [5, 5.41) is 0. The van der Waals surface area contributed by atoms with Crippen molar-refractivity contribution in [2.24, 2.45) is 17.3 Å². The fraction of sp³-hybridized carbons (Fsp3) is 0.722. The second kappa shape index (κ2) is 4.61. The van der Waals surface area contributed by atoms with Gasteiger partial charge in [-0.25, -0.2) is 0 Å². The fourth-order valence-electron chi connectivity index (χ4n) is 4.87. The second-order valence-electron chi connectivity index (χ2n) is 7.29. The van der Waals surface area contributed by atoms with Crippen molar-refractivity contribution >= 4 is 5.78 Å². The van der Waals surface area contributed by atoms with Crippen LogP contribution in [0.1, 0.15) is 65.7 Å². The van der Waals surface area contributed by atoms with Crippen molar-refractivity contribution in [3.63, 3.8) is 0 Å². The summed E-state index contributed by atoms with van der Waals surface area (Å²) < 4.78 is 0. The molecule has 0 aliphatic heterocycles. The summed E-state index contributed by atoms with van der Waals surface area (Å²) in [5.74, 6) is 1.98. The molecule has 1 saturated carbocycles. The number of carbonyl (C=O) groups excluding carboxylic acids is 1. The van der Waals surface area contributed by atoms with Crippen LogP contribution in [0.3, 0.4) is 0 Å². The monoisotopic (exact) mass is 258 g/mol. The Bertz CT molecular complexity index is 464. The molecule has 0 amide bonds. The van der Waals surface area contributed by atoms with E-state index in [1.807, 2.05) is 6.08 Å². The topological polar surface area (TPSA) is 17.1 Å². The number of rotatable bonds is 1. The van der Waals surface area contributed by atoms with E-state index in [0.717, 1.165) is 31.1 Å². The van der Waals surface area contributed by atoms with Gasteiger partial charge < -0.3 is 0 Å². The smallest absolute Gasteiger partial charge is 0.156 e. The van der Waals surface area contributed by atoms with E-state index in [0.29, 0.717) is 11.2 Å². The lowest BCUT2D eigenvalue weighted by molar-refractivity contribution is -0.114. The van der Waals surface area contributed by atoms with Crippen LogP contribution >= 0.6 is 0 Å². The molecule has 0 aromatic heterocycles. The van der Waals surface area contributed by atoms with E-state index < -0.39 is 0 Å². The van der Waals surface area contributed by atoms with Crippen molar-refractivity contribution in [2.75, 3.05) is 0 Å². The first-order valence-corrected chi connectivity index (χ1v) is 7.98. The van der Waals surface area contributed by atoms with E-state index in [2.05, 4.69) is 20.8 Å². The van der Waals surface area contributed by atoms with Crippen molar-refractivity contribution in [3.05, 3.63) is 22.8 Å². The molecule has 1 nitrogen and oxygen atoms in total. The van der Waals surface area contributed by atoms with Crippen molar-refractivity contribution in [1.29, 1.82) is 0 Å².